The highest BCUT2D eigenvalue weighted by Crippen LogP contribution is 2.22. The van der Waals surface area contributed by atoms with Crippen molar-refractivity contribution in [1.29, 1.82) is 0 Å². The highest BCUT2D eigenvalue weighted by molar-refractivity contribution is 7.14. The van der Waals surface area contributed by atoms with E-state index >= 15 is 0 Å². The number of rotatable bonds is 8. The first-order valence-corrected chi connectivity index (χ1v) is 8.63. The molecule has 0 saturated heterocycles. The summed E-state index contributed by atoms with van der Waals surface area (Å²) in [5.41, 5.74) is 6.13. The van der Waals surface area contributed by atoms with Gasteiger partial charge < -0.3 is 20.5 Å². The maximum Gasteiger partial charge on any atom is 0.331 e. The van der Waals surface area contributed by atoms with Gasteiger partial charge in [0, 0.05) is 11.6 Å². The van der Waals surface area contributed by atoms with Gasteiger partial charge in [0.1, 0.15) is 10.8 Å². The molecule has 0 saturated carbocycles. The molecule has 0 radical (unpaired) electrons. The maximum atomic E-state index is 11.8. The van der Waals surface area contributed by atoms with Gasteiger partial charge in [-0.2, -0.15) is 0 Å². The molecule has 0 aliphatic heterocycles. The lowest BCUT2D eigenvalue weighted by atomic mass is 10.2. The Bertz CT molecular complexity index is 828. The van der Waals surface area contributed by atoms with Crippen LogP contribution in [-0.4, -0.2) is 31.0 Å². The van der Waals surface area contributed by atoms with Crippen molar-refractivity contribution in [2.24, 2.45) is 5.73 Å². The number of nitrogens with one attached hydrogen (secondary N) is 1. The van der Waals surface area contributed by atoms with Crippen molar-refractivity contribution in [1.82, 2.24) is 0 Å². The fraction of sp³-hybridized carbons (Fsp3) is 0.167. The zero-order valence-electron chi connectivity index (χ0n) is 14.1. The molecule has 2 aromatic rings. The van der Waals surface area contributed by atoms with Gasteiger partial charge in [0.25, 0.3) is 11.8 Å². The minimum absolute atomic E-state index is 0.210. The SMILES string of the molecule is CCOc1ccccc1/C=C/C(=O)OCC(=O)Nc1sccc1C(N)=O. The third kappa shape index (κ3) is 5.45. The second kappa shape index (κ2) is 9.38. The minimum atomic E-state index is -0.673. The molecular weight excluding hydrogens is 356 g/mol. The average Bonchev–Trinajstić information content (AvgIpc) is 3.08. The van der Waals surface area contributed by atoms with E-state index in [-0.39, 0.29) is 5.56 Å². The Morgan fingerprint density at radius 2 is 2.00 bits per heavy atom. The monoisotopic (exact) mass is 374 g/mol. The molecule has 1 aromatic heterocycles. The Balaban J connectivity index is 1.87. The van der Waals surface area contributed by atoms with Gasteiger partial charge in [-0.1, -0.05) is 18.2 Å². The molecule has 26 heavy (non-hydrogen) atoms. The van der Waals surface area contributed by atoms with Gasteiger partial charge in [-0.25, -0.2) is 4.79 Å². The van der Waals surface area contributed by atoms with E-state index in [1.165, 1.54) is 12.1 Å². The molecule has 2 amide bonds. The molecule has 0 fully saturated rings. The largest absolute Gasteiger partial charge is 0.493 e. The van der Waals surface area contributed by atoms with Crippen molar-refractivity contribution in [2.45, 2.75) is 6.92 Å². The Kier molecular flexibility index (Phi) is 6.92. The molecule has 8 heteroatoms. The van der Waals surface area contributed by atoms with Crippen molar-refractivity contribution in [3.05, 3.63) is 52.9 Å². The molecular formula is C18H18N2O5S. The van der Waals surface area contributed by atoms with Crippen LogP contribution in [0.4, 0.5) is 5.00 Å². The van der Waals surface area contributed by atoms with Crippen molar-refractivity contribution < 1.29 is 23.9 Å². The summed E-state index contributed by atoms with van der Waals surface area (Å²) in [6.07, 6.45) is 2.76. The van der Waals surface area contributed by atoms with Crippen LogP contribution in [0.5, 0.6) is 5.75 Å². The van der Waals surface area contributed by atoms with Crippen molar-refractivity contribution in [2.75, 3.05) is 18.5 Å². The topological polar surface area (TPSA) is 108 Å². The van der Waals surface area contributed by atoms with Gasteiger partial charge in [-0.05, 0) is 30.5 Å². The Morgan fingerprint density at radius 3 is 2.73 bits per heavy atom. The number of esters is 1. The number of carbonyl (C=O) groups excluding carboxylic acids is 3. The smallest absolute Gasteiger partial charge is 0.331 e. The highest BCUT2D eigenvalue weighted by Gasteiger charge is 2.13. The van der Waals surface area contributed by atoms with Crippen LogP contribution in [0.1, 0.15) is 22.8 Å². The van der Waals surface area contributed by atoms with E-state index in [4.69, 9.17) is 15.2 Å². The number of hydrogen-bond acceptors (Lipinski definition) is 6. The molecule has 2 rings (SSSR count). The van der Waals surface area contributed by atoms with E-state index in [0.29, 0.717) is 17.4 Å². The third-order valence-electron chi connectivity index (χ3n) is 3.15. The second-order valence-corrected chi connectivity index (χ2v) is 5.90. The molecule has 3 N–H and O–H groups in total. The first-order chi connectivity index (χ1) is 12.5. The lowest BCUT2D eigenvalue weighted by Gasteiger charge is -2.06. The number of anilines is 1. The van der Waals surface area contributed by atoms with Crippen molar-refractivity contribution in [3.63, 3.8) is 0 Å². The zero-order chi connectivity index (χ0) is 18.9. The molecule has 1 heterocycles. The van der Waals surface area contributed by atoms with Crippen LogP contribution in [0.2, 0.25) is 0 Å². The molecule has 1 aromatic carbocycles. The highest BCUT2D eigenvalue weighted by atomic mass is 32.1. The quantitative estimate of drug-likeness (QED) is 0.545. The van der Waals surface area contributed by atoms with Crippen LogP contribution in [0, 0.1) is 0 Å². The summed E-state index contributed by atoms with van der Waals surface area (Å²) < 4.78 is 10.3. The summed E-state index contributed by atoms with van der Waals surface area (Å²) >= 11 is 1.15. The van der Waals surface area contributed by atoms with Gasteiger partial charge in [-0.15, -0.1) is 11.3 Å². The van der Waals surface area contributed by atoms with Crippen molar-refractivity contribution >= 4 is 40.2 Å². The van der Waals surface area contributed by atoms with E-state index in [9.17, 15) is 14.4 Å². The first kappa shape index (κ1) is 19.2. The van der Waals surface area contributed by atoms with Crippen LogP contribution in [0.15, 0.2) is 41.8 Å². The Labute approximate surface area is 154 Å². The second-order valence-electron chi connectivity index (χ2n) is 4.99. The van der Waals surface area contributed by atoms with Crippen LogP contribution in [-0.2, 0) is 14.3 Å². The molecule has 0 spiro atoms. The summed E-state index contributed by atoms with van der Waals surface area (Å²) in [7, 11) is 0. The molecule has 0 aliphatic carbocycles. The molecule has 0 unspecified atom stereocenters. The summed E-state index contributed by atoms with van der Waals surface area (Å²) in [6, 6.07) is 8.74. The Morgan fingerprint density at radius 1 is 1.23 bits per heavy atom. The van der Waals surface area contributed by atoms with Gasteiger partial charge in [0.05, 0.1) is 12.2 Å². The number of primary amides is 1. The molecule has 0 bridgehead atoms. The lowest BCUT2D eigenvalue weighted by Crippen LogP contribution is -2.21. The summed E-state index contributed by atoms with van der Waals surface area (Å²) in [5.74, 6) is -1.23. The summed E-state index contributed by atoms with van der Waals surface area (Å²) in [5, 5.41) is 4.43. The van der Waals surface area contributed by atoms with E-state index < -0.39 is 24.4 Å². The summed E-state index contributed by atoms with van der Waals surface area (Å²) in [6.45, 7) is 1.89. The minimum Gasteiger partial charge on any atom is -0.493 e. The predicted octanol–water partition coefficient (Wildman–Crippen LogP) is 2.44. The number of benzene rings is 1. The number of ether oxygens (including phenoxy) is 2. The number of amides is 2. The third-order valence-corrected chi connectivity index (χ3v) is 3.98. The van der Waals surface area contributed by atoms with Crippen LogP contribution < -0.4 is 15.8 Å². The number of hydrogen-bond donors (Lipinski definition) is 2. The number of nitrogens with two attached hydrogens (primary N) is 1. The van der Waals surface area contributed by atoms with Crippen LogP contribution in [0.3, 0.4) is 0 Å². The normalized spacial score (nSPS) is 10.5. The van der Waals surface area contributed by atoms with Gasteiger partial charge in [0.2, 0.25) is 0 Å². The van der Waals surface area contributed by atoms with Crippen LogP contribution in [0.25, 0.3) is 6.08 Å². The van der Waals surface area contributed by atoms with Crippen molar-refractivity contribution in [3.8, 4) is 5.75 Å². The number of thiophene rings is 1. The molecule has 136 valence electrons. The molecule has 0 atom stereocenters. The average molecular weight is 374 g/mol. The van der Waals surface area contributed by atoms with E-state index in [1.54, 1.807) is 23.6 Å². The van der Waals surface area contributed by atoms with Gasteiger partial charge in [0.15, 0.2) is 6.61 Å². The fourth-order valence-electron chi connectivity index (χ4n) is 2.01. The number of para-hydroxylation sites is 1. The number of carbonyl (C=O) groups is 3. The maximum absolute atomic E-state index is 11.8. The van der Waals surface area contributed by atoms with E-state index in [2.05, 4.69) is 5.32 Å². The van der Waals surface area contributed by atoms with E-state index in [1.807, 2.05) is 19.1 Å². The predicted molar refractivity (Wildman–Crippen MR) is 99.1 cm³/mol. The molecule has 0 aliphatic rings. The Hall–Kier alpha value is -3.13. The summed E-state index contributed by atoms with van der Waals surface area (Å²) in [4.78, 5) is 34.8. The van der Waals surface area contributed by atoms with Gasteiger partial charge >= 0.3 is 5.97 Å². The fourth-order valence-corrected chi connectivity index (χ4v) is 2.82. The standard InChI is InChI=1S/C18H18N2O5S/c1-2-24-14-6-4-3-5-12(14)7-8-16(22)25-11-15(21)20-18-13(17(19)23)9-10-26-18/h3-10H,2,11H2,1H3,(H2,19,23)(H,20,21)/b8-7+. The van der Waals surface area contributed by atoms with Crippen LogP contribution >= 0.6 is 11.3 Å². The van der Waals surface area contributed by atoms with Gasteiger partial charge in [-0.3, -0.25) is 9.59 Å². The van der Waals surface area contributed by atoms with E-state index in [0.717, 1.165) is 16.9 Å². The zero-order valence-corrected chi connectivity index (χ0v) is 14.9. The lowest BCUT2D eigenvalue weighted by molar-refractivity contribution is -0.142. The molecule has 7 nitrogen and oxygen atoms in total. The first-order valence-electron chi connectivity index (χ1n) is 7.75.